The molecule has 0 aliphatic carbocycles. The lowest BCUT2D eigenvalue weighted by molar-refractivity contribution is -0.384. The van der Waals surface area contributed by atoms with E-state index in [0.29, 0.717) is 16.9 Å². The molecule has 12 heteroatoms. The second kappa shape index (κ2) is 12.4. The van der Waals surface area contributed by atoms with E-state index in [2.05, 4.69) is 5.32 Å². The van der Waals surface area contributed by atoms with Gasteiger partial charge < -0.3 is 14.2 Å². The number of ether oxygens (including phenoxy) is 3. The third-order valence-electron chi connectivity index (χ3n) is 5.70. The van der Waals surface area contributed by atoms with Crippen LogP contribution >= 0.6 is 0 Å². The van der Waals surface area contributed by atoms with Crippen LogP contribution in [0.1, 0.15) is 18.1 Å². The molecule has 4 amide bonds. The van der Waals surface area contributed by atoms with Gasteiger partial charge in [-0.3, -0.25) is 25.0 Å². The van der Waals surface area contributed by atoms with Crippen LogP contribution in [-0.2, 0) is 14.4 Å². The Morgan fingerprint density at radius 2 is 1.78 bits per heavy atom. The zero-order valence-corrected chi connectivity index (χ0v) is 21.9. The highest BCUT2D eigenvalue weighted by molar-refractivity contribution is 6.39. The predicted molar refractivity (Wildman–Crippen MR) is 147 cm³/mol. The summed E-state index contributed by atoms with van der Waals surface area (Å²) in [7, 11) is 1.44. The van der Waals surface area contributed by atoms with Crippen molar-refractivity contribution in [1.29, 1.82) is 0 Å². The number of anilines is 1. The number of nitrogens with zero attached hydrogens (tertiary/aromatic N) is 2. The standard InChI is InChI=1S/C29H23N3O9/c1-3-40-25-16-19(10-12-24(25)41-26(33)13-11-18-6-4-8-21(14-18)32(37)38)15-23-27(34)30-29(36)31(28(23)35)20-7-5-9-22(17-20)39-2/h4-17H,3H2,1-2H3,(H,30,34,36)/b13-11+,23-15+. The zero-order valence-electron chi connectivity index (χ0n) is 21.9. The number of nitro groups is 1. The van der Waals surface area contributed by atoms with E-state index in [1.54, 1.807) is 25.1 Å². The minimum atomic E-state index is -0.902. The van der Waals surface area contributed by atoms with E-state index < -0.39 is 28.7 Å². The molecule has 1 aliphatic rings. The Balaban J connectivity index is 1.57. The first-order chi connectivity index (χ1) is 19.7. The summed E-state index contributed by atoms with van der Waals surface area (Å²) in [5.74, 6) is -1.85. The average molecular weight is 558 g/mol. The third kappa shape index (κ3) is 6.63. The molecule has 1 N–H and O–H groups in total. The normalized spacial score (nSPS) is 14.2. The predicted octanol–water partition coefficient (Wildman–Crippen LogP) is 4.29. The van der Waals surface area contributed by atoms with Crippen molar-refractivity contribution in [1.82, 2.24) is 5.32 Å². The molecule has 1 saturated heterocycles. The fourth-order valence-electron chi connectivity index (χ4n) is 3.82. The number of amides is 4. The number of esters is 1. The van der Waals surface area contributed by atoms with Crippen LogP contribution in [-0.4, -0.2) is 42.5 Å². The van der Waals surface area contributed by atoms with E-state index in [1.807, 2.05) is 0 Å². The smallest absolute Gasteiger partial charge is 0.336 e. The van der Waals surface area contributed by atoms with Crippen LogP contribution in [0, 0.1) is 10.1 Å². The minimum Gasteiger partial charge on any atom is -0.497 e. The van der Waals surface area contributed by atoms with Crippen LogP contribution in [0.3, 0.4) is 0 Å². The summed E-state index contributed by atoms with van der Waals surface area (Å²) in [5.41, 5.74) is 0.573. The summed E-state index contributed by atoms with van der Waals surface area (Å²) >= 11 is 0. The Kier molecular flexibility index (Phi) is 8.53. The lowest BCUT2D eigenvalue weighted by Gasteiger charge is -2.26. The van der Waals surface area contributed by atoms with Gasteiger partial charge in [-0.1, -0.05) is 24.3 Å². The number of benzene rings is 3. The number of nitrogens with one attached hydrogen (secondary N) is 1. The largest absolute Gasteiger partial charge is 0.497 e. The molecule has 0 atom stereocenters. The molecule has 41 heavy (non-hydrogen) atoms. The van der Waals surface area contributed by atoms with Gasteiger partial charge in [0.2, 0.25) is 0 Å². The summed E-state index contributed by atoms with van der Waals surface area (Å²) in [6.45, 7) is 1.93. The molecule has 208 valence electrons. The maximum atomic E-state index is 13.2. The molecule has 1 fully saturated rings. The summed E-state index contributed by atoms with van der Waals surface area (Å²) < 4.78 is 16.1. The summed E-state index contributed by atoms with van der Waals surface area (Å²) in [4.78, 5) is 61.9. The molecule has 0 unspecified atom stereocenters. The fourth-order valence-corrected chi connectivity index (χ4v) is 3.82. The van der Waals surface area contributed by atoms with Gasteiger partial charge in [0.25, 0.3) is 17.5 Å². The molecule has 3 aromatic rings. The SMILES string of the molecule is CCOc1cc(/C=C2\C(=O)NC(=O)N(c3cccc(OC)c3)C2=O)ccc1OC(=O)/C=C/c1cccc([N+](=O)[O-])c1. The number of carbonyl (C=O) groups is 4. The van der Waals surface area contributed by atoms with Gasteiger partial charge in [-0.25, -0.2) is 14.5 Å². The van der Waals surface area contributed by atoms with Gasteiger partial charge in [0.05, 0.1) is 24.3 Å². The van der Waals surface area contributed by atoms with E-state index in [0.717, 1.165) is 11.0 Å². The lowest BCUT2D eigenvalue weighted by Crippen LogP contribution is -2.54. The maximum Gasteiger partial charge on any atom is 0.336 e. The number of barbiturate groups is 1. The van der Waals surface area contributed by atoms with Crippen LogP contribution in [0.25, 0.3) is 12.2 Å². The second-order valence-corrected chi connectivity index (χ2v) is 8.41. The van der Waals surface area contributed by atoms with E-state index in [-0.39, 0.29) is 35.1 Å². The van der Waals surface area contributed by atoms with Crippen molar-refractivity contribution in [3.8, 4) is 17.2 Å². The Bertz CT molecular complexity index is 1610. The lowest BCUT2D eigenvalue weighted by atomic mass is 10.1. The van der Waals surface area contributed by atoms with Crippen molar-refractivity contribution in [3.05, 3.63) is 99.6 Å². The maximum absolute atomic E-state index is 13.2. The topological polar surface area (TPSA) is 154 Å². The average Bonchev–Trinajstić information content (AvgIpc) is 2.95. The number of nitro benzene ring substituents is 1. The molecule has 1 heterocycles. The van der Waals surface area contributed by atoms with Crippen molar-refractivity contribution in [2.75, 3.05) is 18.6 Å². The monoisotopic (exact) mass is 557 g/mol. The van der Waals surface area contributed by atoms with Gasteiger partial charge >= 0.3 is 12.0 Å². The van der Waals surface area contributed by atoms with E-state index in [4.69, 9.17) is 14.2 Å². The number of hydrogen-bond donors (Lipinski definition) is 1. The second-order valence-electron chi connectivity index (χ2n) is 8.41. The molecular formula is C29H23N3O9. The van der Waals surface area contributed by atoms with Crippen molar-refractivity contribution in [3.63, 3.8) is 0 Å². The summed E-state index contributed by atoms with van der Waals surface area (Å²) in [6.07, 6.45) is 3.77. The zero-order chi connectivity index (χ0) is 29.5. The first-order valence-corrected chi connectivity index (χ1v) is 12.2. The van der Waals surface area contributed by atoms with Gasteiger partial charge in [-0.05, 0) is 54.5 Å². The van der Waals surface area contributed by atoms with Crippen molar-refractivity contribution in [2.45, 2.75) is 6.92 Å². The quantitative estimate of drug-likeness (QED) is 0.101. The molecule has 0 spiro atoms. The Hall–Kier alpha value is -5.78. The highest BCUT2D eigenvalue weighted by atomic mass is 16.6. The van der Waals surface area contributed by atoms with Gasteiger partial charge in [0.1, 0.15) is 11.3 Å². The van der Waals surface area contributed by atoms with Crippen molar-refractivity contribution >= 4 is 47.3 Å². The van der Waals surface area contributed by atoms with Gasteiger partial charge in [0, 0.05) is 24.3 Å². The molecule has 0 radical (unpaired) electrons. The van der Waals surface area contributed by atoms with Crippen LogP contribution < -0.4 is 24.4 Å². The van der Waals surface area contributed by atoms with Crippen molar-refractivity contribution < 1.29 is 38.3 Å². The molecule has 0 bridgehead atoms. The van der Waals surface area contributed by atoms with Crippen LogP contribution in [0.5, 0.6) is 17.2 Å². The molecular weight excluding hydrogens is 534 g/mol. The summed E-state index contributed by atoms with van der Waals surface area (Å²) in [6, 6.07) is 15.5. The third-order valence-corrected chi connectivity index (χ3v) is 5.70. The first-order valence-electron chi connectivity index (χ1n) is 12.2. The molecule has 3 aromatic carbocycles. The van der Waals surface area contributed by atoms with E-state index in [9.17, 15) is 29.3 Å². The Morgan fingerprint density at radius 3 is 2.51 bits per heavy atom. The number of carbonyl (C=O) groups excluding carboxylic acids is 4. The Morgan fingerprint density at radius 1 is 1.00 bits per heavy atom. The van der Waals surface area contributed by atoms with Gasteiger partial charge in [0.15, 0.2) is 11.5 Å². The van der Waals surface area contributed by atoms with Crippen LogP contribution in [0.2, 0.25) is 0 Å². The summed E-state index contributed by atoms with van der Waals surface area (Å²) in [5, 5.41) is 13.1. The molecule has 4 rings (SSSR count). The van der Waals surface area contributed by atoms with Gasteiger partial charge in [-0.15, -0.1) is 0 Å². The molecule has 0 saturated carbocycles. The minimum absolute atomic E-state index is 0.0651. The number of rotatable bonds is 9. The van der Waals surface area contributed by atoms with Crippen LogP contribution in [0.15, 0.2) is 78.4 Å². The molecule has 0 aromatic heterocycles. The van der Waals surface area contributed by atoms with Crippen LogP contribution in [0.4, 0.5) is 16.2 Å². The highest BCUT2D eigenvalue weighted by Gasteiger charge is 2.37. The highest BCUT2D eigenvalue weighted by Crippen LogP contribution is 2.31. The Labute approximate surface area is 233 Å². The first kappa shape index (κ1) is 28.2. The molecule has 1 aliphatic heterocycles. The van der Waals surface area contributed by atoms with Gasteiger partial charge in [-0.2, -0.15) is 0 Å². The number of methoxy groups -OCH3 is 1. The fraction of sp³-hybridized carbons (Fsp3) is 0.103. The number of imide groups is 2. The molecule has 12 nitrogen and oxygen atoms in total. The number of non-ortho nitro benzene ring substituents is 1. The van der Waals surface area contributed by atoms with Crippen molar-refractivity contribution in [2.24, 2.45) is 0 Å². The number of hydrogen-bond acceptors (Lipinski definition) is 9. The van der Waals surface area contributed by atoms with E-state index in [1.165, 1.54) is 67.8 Å². The van der Waals surface area contributed by atoms with E-state index >= 15 is 0 Å². The number of urea groups is 1.